The van der Waals surface area contributed by atoms with Crippen LogP contribution in [0.4, 0.5) is 0 Å². The van der Waals surface area contributed by atoms with E-state index >= 15 is 0 Å². The minimum atomic E-state index is -0.187. The monoisotopic (exact) mass is 297 g/mol. The summed E-state index contributed by atoms with van der Waals surface area (Å²) in [4.78, 5) is 18.0. The van der Waals surface area contributed by atoms with Crippen molar-refractivity contribution in [2.75, 3.05) is 13.7 Å². The lowest BCUT2D eigenvalue weighted by atomic mass is 9.91. The van der Waals surface area contributed by atoms with Crippen molar-refractivity contribution in [1.82, 2.24) is 4.98 Å². The van der Waals surface area contributed by atoms with Gasteiger partial charge in [0.2, 0.25) is 0 Å². The Morgan fingerprint density at radius 3 is 2.85 bits per heavy atom. The largest absolute Gasteiger partial charge is 0.465 e. The van der Waals surface area contributed by atoms with Gasteiger partial charge in [0, 0.05) is 12.0 Å². The Kier molecular flexibility index (Phi) is 5.16. The van der Waals surface area contributed by atoms with Crippen LogP contribution >= 0.6 is 11.3 Å². The second-order valence-corrected chi connectivity index (χ2v) is 6.57. The molecule has 0 spiro atoms. The second-order valence-electron chi connectivity index (χ2n) is 5.46. The van der Waals surface area contributed by atoms with Crippen LogP contribution in [0, 0.1) is 5.92 Å². The summed E-state index contributed by atoms with van der Waals surface area (Å²) in [7, 11) is 1.72. The molecule has 2 atom stereocenters. The van der Waals surface area contributed by atoms with Crippen LogP contribution in [0.15, 0.2) is 0 Å². The molecule has 0 N–H and O–H groups in total. The molecule has 1 aliphatic carbocycles. The van der Waals surface area contributed by atoms with Crippen LogP contribution in [0.1, 0.15) is 61.2 Å². The minimum absolute atomic E-state index is 0.00782. The highest BCUT2D eigenvalue weighted by Crippen LogP contribution is 2.39. The zero-order valence-corrected chi connectivity index (χ0v) is 13.5. The molecule has 20 heavy (non-hydrogen) atoms. The summed E-state index contributed by atoms with van der Waals surface area (Å²) in [6.07, 6.45) is 2.89. The van der Waals surface area contributed by atoms with Gasteiger partial charge >= 0.3 is 5.97 Å². The number of esters is 1. The van der Waals surface area contributed by atoms with Crippen LogP contribution in [0.3, 0.4) is 0 Å². The zero-order valence-electron chi connectivity index (χ0n) is 12.6. The second kappa shape index (κ2) is 6.68. The lowest BCUT2D eigenvalue weighted by Gasteiger charge is -2.19. The Morgan fingerprint density at radius 1 is 1.50 bits per heavy atom. The van der Waals surface area contributed by atoms with Crippen molar-refractivity contribution < 1.29 is 14.3 Å². The molecule has 0 fully saturated rings. The lowest BCUT2D eigenvalue weighted by Crippen LogP contribution is -2.20. The van der Waals surface area contributed by atoms with Gasteiger partial charge < -0.3 is 9.47 Å². The van der Waals surface area contributed by atoms with E-state index in [0.29, 0.717) is 12.5 Å². The van der Waals surface area contributed by atoms with Crippen LogP contribution < -0.4 is 0 Å². The fourth-order valence-electron chi connectivity index (χ4n) is 2.69. The Balaban J connectivity index is 2.28. The molecule has 1 aromatic heterocycles. The number of fused-ring (bicyclic) bond motifs is 1. The fourth-order valence-corrected chi connectivity index (χ4v) is 4.11. The van der Waals surface area contributed by atoms with Gasteiger partial charge in [0.25, 0.3) is 0 Å². The van der Waals surface area contributed by atoms with Crippen molar-refractivity contribution in [3.05, 3.63) is 15.6 Å². The first-order valence-electron chi connectivity index (χ1n) is 7.27. The van der Waals surface area contributed by atoms with Crippen LogP contribution in [0.2, 0.25) is 0 Å². The van der Waals surface area contributed by atoms with E-state index in [0.717, 1.165) is 30.0 Å². The molecule has 0 radical (unpaired) electrons. The molecule has 5 heteroatoms. The summed E-state index contributed by atoms with van der Waals surface area (Å²) in [6.45, 7) is 6.51. The maximum absolute atomic E-state index is 12.1. The van der Waals surface area contributed by atoms with Gasteiger partial charge in [-0.25, -0.2) is 4.98 Å². The summed E-state index contributed by atoms with van der Waals surface area (Å²) in [5.74, 6) is 0.0471. The van der Waals surface area contributed by atoms with Gasteiger partial charge in [-0.3, -0.25) is 4.79 Å². The predicted molar refractivity (Wildman–Crippen MR) is 79.0 cm³/mol. The lowest BCUT2D eigenvalue weighted by molar-refractivity contribution is -0.145. The molecule has 2 rings (SSSR count). The molecule has 0 aromatic carbocycles. The van der Waals surface area contributed by atoms with Crippen LogP contribution in [0.25, 0.3) is 0 Å². The van der Waals surface area contributed by atoms with Gasteiger partial charge in [0.05, 0.1) is 12.3 Å². The number of carbonyl (C=O) groups excluding carboxylic acids is 1. The molecular weight excluding hydrogens is 274 g/mol. The number of carbonyl (C=O) groups is 1. The van der Waals surface area contributed by atoms with Crippen molar-refractivity contribution in [3.8, 4) is 0 Å². The van der Waals surface area contributed by atoms with Gasteiger partial charge in [0.1, 0.15) is 17.0 Å². The van der Waals surface area contributed by atoms with E-state index in [-0.39, 0.29) is 18.0 Å². The minimum Gasteiger partial charge on any atom is -0.465 e. The van der Waals surface area contributed by atoms with Crippen LogP contribution in [-0.4, -0.2) is 24.7 Å². The van der Waals surface area contributed by atoms with Gasteiger partial charge in [-0.15, -0.1) is 11.3 Å². The fraction of sp³-hybridized carbons (Fsp3) is 0.733. The summed E-state index contributed by atoms with van der Waals surface area (Å²) in [5.41, 5.74) is 0.928. The molecule has 112 valence electrons. The average molecular weight is 297 g/mol. The Morgan fingerprint density at radius 2 is 2.25 bits per heavy atom. The van der Waals surface area contributed by atoms with Crippen molar-refractivity contribution in [3.63, 3.8) is 0 Å². The Hall–Kier alpha value is -0.940. The quantitative estimate of drug-likeness (QED) is 0.781. The molecule has 0 saturated heterocycles. The molecule has 1 heterocycles. The topological polar surface area (TPSA) is 48.4 Å². The van der Waals surface area contributed by atoms with E-state index in [1.165, 1.54) is 4.88 Å². The summed E-state index contributed by atoms with van der Waals surface area (Å²) in [6, 6.07) is 0. The maximum atomic E-state index is 12.1. The molecule has 0 aliphatic heterocycles. The number of methoxy groups -OCH3 is 1. The molecule has 0 saturated carbocycles. The smallest absolute Gasteiger partial charge is 0.315 e. The molecule has 1 aliphatic rings. The first-order chi connectivity index (χ1) is 9.58. The van der Waals surface area contributed by atoms with Crippen LogP contribution in [0.5, 0.6) is 0 Å². The highest BCUT2D eigenvalue weighted by molar-refractivity contribution is 7.11. The highest BCUT2D eigenvalue weighted by Gasteiger charge is 2.32. The van der Waals surface area contributed by atoms with E-state index in [1.807, 2.05) is 6.92 Å². The molecular formula is C15H23NO3S. The zero-order chi connectivity index (χ0) is 14.7. The van der Waals surface area contributed by atoms with Gasteiger partial charge in [-0.05, 0) is 32.1 Å². The number of thiazole rings is 1. The Labute approximate surface area is 124 Å². The van der Waals surface area contributed by atoms with Gasteiger partial charge in [-0.1, -0.05) is 13.8 Å². The van der Waals surface area contributed by atoms with E-state index in [9.17, 15) is 4.79 Å². The molecule has 1 aromatic rings. The molecule has 2 unspecified atom stereocenters. The Bertz CT molecular complexity index is 470. The third-order valence-corrected chi connectivity index (χ3v) is 4.84. The maximum Gasteiger partial charge on any atom is 0.315 e. The third-order valence-electron chi connectivity index (χ3n) is 3.64. The first kappa shape index (κ1) is 15.4. The predicted octanol–water partition coefficient (Wildman–Crippen LogP) is 3.47. The number of rotatable bonds is 5. The van der Waals surface area contributed by atoms with Crippen molar-refractivity contribution >= 4 is 17.3 Å². The molecule has 4 nitrogen and oxygen atoms in total. The first-order valence-corrected chi connectivity index (χ1v) is 8.09. The van der Waals surface area contributed by atoms with E-state index in [4.69, 9.17) is 14.5 Å². The molecule has 0 amide bonds. The standard InChI is InChI=1S/C15H23NO3S/c1-5-19-15(17)10-7-6-8-11-12(10)16-14(20-11)13(18-4)9(2)3/h9-10,13H,5-8H2,1-4H3. The summed E-state index contributed by atoms with van der Waals surface area (Å²) in [5, 5.41) is 0.990. The van der Waals surface area contributed by atoms with Crippen LogP contribution in [-0.2, 0) is 20.7 Å². The highest BCUT2D eigenvalue weighted by atomic mass is 32.1. The van der Waals surface area contributed by atoms with Gasteiger partial charge in [-0.2, -0.15) is 0 Å². The number of hydrogen-bond donors (Lipinski definition) is 0. The van der Waals surface area contributed by atoms with Gasteiger partial charge in [0.15, 0.2) is 0 Å². The van der Waals surface area contributed by atoms with E-state index < -0.39 is 0 Å². The third kappa shape index (κ3) is 3.04. The summed E-state index contributed by atoms with van der Waals surface area (Å²) < 4.78 is 10.7. The van der Waals surface area contributed by atoms with Crippen molar-refractivity contribution in [2.24, 2.45) is 5.92 Å². The summed E-state index contributed by atoms with van der Waals surface area (Å²) >= 11 is 1.69. The number of ether oxygens (including phenoxy) is 2. The SMILES string of the molecule is CCOC(=O)C1CCCc2sc(C(OC)C(C)C)nc21. The normalized spacial score (nSPS) is 19.8. The van der Waals surface area contributed by atoms with E-state index in [2.05, 4.69) is 13.8 Å². The van der Waals surface area contributed by atoms with E-state index in [1.54, 1.807) is 18.4 Å². The number of aryl methyl sites for hydroxylation is 1. The number of aromatic nitrogens is 1. The average Bonchev–Trinajstić information content (AvgIpc) is 2.82. The number of hydrogen-bond acceptors (Lipinski definition) is 5. The van der Waals surface area contributed by atoms with Crippen molar-refractivity contribution in [2.45, 2.75) is 52.1 Å². The molecule has 0 bridgehead atoms. The number of nitrogens with zero attached hydrogens (tertiary/aromatic N) is 1. The van der Waals surface area contributed by atoms with Crippen molar-refractivity contribution in [1.29, 1.82) is 0 Å².